The van der Waals surface area contributed by atoms with E-state index in [4.69, 9.17) is 0 Å². The summed E-state index contributed by atoms with van der Waals surface area (Å²) in [4.78, 5) is 23.0. The first-order valence-electron chi connectivity index (χ1n) is 11.7. The van der Waals surface area contributed by atoms with Crippen molar-refractivity contribution >= 4 is 24.3 Å². The van der Waals surface area contributed by atoms with Gasteiger partial charge in [-0.25, -0.2) is 9.78 Å². The molecule has 0 spiro atoms. The summed E-state index contributed by atoms with van der Waals surface area (Å²) >= 11 is 0. The number of nitrogens with one attached hydrogen (secondary N) is 2. The molecule has 2 N–H and O–H groups in total. The van der Waals surface area contributed by atoms with Crippen molar-refractivity contribution in [3.8, 4) is 0 Å². The Kier molecular flexibility index (Phi) is 7.40. The summed E-state index contributed by atoms with van der Waals surface area (Å²) in [5.74, 6) is 0.729. The lowest BCUT2D eigenvalue weighted by Gasteiger charge is -2.23. The molecule has 0 atom stereocenters. The summed E-state index contributed by atoms with van der Waals surface area (Å²) in [5.41, 5.74) is 6.35. The van der Waals surface area contributed by atoms with E-state index >= 15 is 0 Å². The van der Waals surface area contributed by atoms with Gasteiger partial charge in [0.05, 0.1) is 17.9 Å². The van der Waals surface area contributed by atoms with Gasteiger partial charge in [0, 0.05) is 12.2 Å². The highest BCUT2D eigenvalue weighted by atomic mass is 16.2. The molecule has 170 valence electrons. The number of H-pyrrole nitrogens is 1. The number of hydrogen-bond donors (Lipinski definition) is 2. The summed E-state index contributed by atoms with van der Waals surface area (Å²) in [5, 5.41) is 3.05. The highest BCUT2D eigenvalue weighted by Crippen LogP contribution is 2.27. The molecule has 2 aliphatic carbocycles. The molecule has 0 bridgehead atoms. The molecule has 2 aromatic rings. The maximum atomic E-state index is 13.2. The lowest BCUT2D eigenvalue weighted by Crippen LogP contribution is -2.38. The van der Waals surface area contributed by atoms with Crippen LogP contribution in [-0.4, -0.2) is 20.9 Å². The molecule has 0 aliphatic heterocycles. The quantitative estimate of drug-likeness (QED) is 0.486. The zero-order valence-corrected chi connectivity index (χ0v) is 19.3. The lowest BCUT2D eigenvalue weighted by atomic mass is 9.90. The standard InChI is InChI=1S/C28H32N4O/c1-3-9-26-25(4-2)30-27(31-26)20-32(28(33)29-24-12-6-5-7-13-24)19-23-16-14-22(15-17-23)18-21-10-8-11-21/h3-4,6,9,12-18H,2,5,7-8,10-11,19-20H2,1H3,(H,29,33)(H,30,31)/b9-3-. The summed E-state index contributed by atoms with van der Waals surface area (Å²) in [6.45, 7) is 6.67. The summed E-state index contributed by atoms with van der Waals surface area (Å²) in [7, 11) is 0. The van der Waals surface area contributed by atoms with Gasteiger partial charge in [-0.2, -0.15) is 0 Å². The first-order chi connectivity index (χ1) is 16.1. The lowest BCUT2D eigenvalue weighted by molar-refractivity contribution is 0.194. The van der Waals surface area contributed by atoms with Crippen molar-refractivity contribution < 1.29 is 4.79 Å². The van der Waals surface area contributed by atoms with Crippen LogP contribution in [0.2, 0.25) is 0 Å². The van der Waals surface area contributed by atoms with Gasteiger partial charge in [0.15, 0.2) is 0 Å². The van der Waals surface area contributed by atoms with Gasteiger partial charge in [0.25, 0.3) is 0 Å². The minimum Gasteiger partial charge on any atom is -0.340 e. The SMILES string of the molecule is C=Cc1nc(CN(Cc2ccc(C=C3CCC3)cc2)C(=O)NC2=CCCC=C2)[nH]c1/C=C\C. The Balaban J connectivity index is 1.52. The van der Waals surface area contributed by atoms with Crippen LogP contribution in [0.4, 0.5) is 4.79 Å². The van der Waals surface area contributed by atoms with E-state index in [2.05, 4.69) is 64.4 Å². The third-order valence-corrected chi connectivity index (χ3v) is 5.93. The van der Waals surface area contributed by atoms with Crippen molar-refractivity contribution in [1.29, 1.82) is 0 Å². The first kappa shape index (κ1) is 22.6. The molecule has 4 rings (SSSR count). The van der Waals surface area contributed by atoms with Crippen LogP contribution in [0.15, 0.2) is 66.4 Å². The van der Waals surface area contributed by atoms with E-state index in [1.54, 1.807) is 11.0 Å². The van der Waals surface area contributed by atoms with Gasteiger partial charge >= 0.3 is 6.03 Å². The molecule has 1 fully saturated rings. The van der Waals surface area contributed by atoms with E-state index in [1.165, 1.54) is 30.4 Å². The number of imidazole rings is 1. The van der Waals surface area contributed by atoms with E-state index in [0.29, 0.717) is 13.1 Å². The molecule has 2 amide bonds. The largest absolute Gasteiger partial charge is 0.340 e. The number of carbonyl (C=O) groups excluding carboxylic acids is 1. The van der Waals surface area contributed by atoms with Crippen molar-refractivity contribution in [2.75, 3.05) is 0 Å². The van der Waals surface area contributed by atoms with Gasteiger partial charge in [0.1, 0.15) is 5.82 Å². The van der Waals surface area contributed by atoms with Gasteiger partial charge in [-0.05, 0) is 68.4 Å². The Bertz CT molecular complexity index is 1110. The molecule has 5 nitrogen and oxygen atoms in total. The van der Waals surface area contributed by atoms with E-state index in [1.807, 2.05) is 25.2 Å². The van der Waals surface area contributed by atoms with Crippen LogP contribution in [0.1, 0.15) is 67.4 Å². The maximum Gasteiger partial charge on any atom is 0.322 e. The van der Waals surface area contributed by atoms with Crippen molar-refractivity contribution in [3.05, 3.63) is 94.8 Å². The number of hydrogen-bond acceptors (Lipinski definition) is 2. The average molecular weight is 441 g/mol. The Morgan fingerprint density at radius 1 is 1.21 bits per heavy atom. The number of aromatic nitrogens is 2. The Labute approximate surface area is 196 Å². The predicted molar refractivity (Wildman–Crippen MR) is 136 cm³/mol. The number of aromatic amines is 1. The number of allylic oxidation sites excluding steroid dienone is 5. The van der Waals surface area contributed by atoms with Gasteiger partial charge in [-0.3, -0.25) is 0 Å². The third-order valence-electron chi connectivity index (χ3n) is 5.93. The number of amides is 2. The molecule has 2 aliphatic rings. The zero-order valence-electron chi connectivity index (χ0n) is 19.3. The van der Waals surface area contributed by atoms with Crippen LogP contribution in [0.3, 0.4) is 0 Å². The molecular weight excluding hydrogens is 408 g/mol. The van der Waals surface area contributed by atoms with Crippen LogP contribution >= 0.6 is 0 Å². The van der Waals surface area contributed by atoms with E-state index in [9.17, 15) is 4.79 Å². The minimum atomic E-state index is -0.141. The van der Waals surface area contributed by atoms with Crippen molar-refractivity contribution in [1.82, 2.24) is 20.2 Å². The van der Waals surface area contributed by atoms with Gasteiger partial charge in [-0.1, -0.05) is 60.7 Å². The fourth-order valence-corrected chi connectivity index (χ4v) is 3.97. The van der Waals surface area contributed by atoms with Gasteiger partial charge in [-0.15, -0.1) is 0 Å². The highest BCUT2D eigenvalue weighted by molar-refractivity contribution is 5.76. The second-order valence-corrected chi connectivity index (χ2v) is 8.51. The van der Waals surface area contributed by atoms with E-state index in [-0.39, 0.29) is 6.03 Å². The highest BCUT2D eigenvalue weighted by Gasteiger charge is 2.18. The van der Waals surface area contributed by atoms with Crippen LogP contribution in [0.25, 0.3) is 18.2 Å². The number of rotatable bonds is 8. The summed E-state index contributed by atoms with van der Waals surface area (Å²) < 4.78 is 0. The topological polar surface area (TPSA) is 61.0 Å². The molecule has 0 unspecified atom stereocenters. The number of carbonyl (C=O) groups is 1. The fourth-order valence-electron chi connectivity index (χ4n) is 3.97. The van der Waals surface area contributed by atoms with Crippen molar-refractivity contribution in [2.24, 2.45) is 0 Å². The van der Waals surface area contributed by atoms with Crippen LogP contribution in [-0.2, 0) is 13.1 Å². The molecule has 0 radical (unpaired) electrons. The van der Waals surface area contributed by atoms with Crippen molar-refractivity contribution in [3.63, 3.8) is 0 Å². The Morgan fingerprint density at radius 2 is 2.03 bits per heavy atom. The van der Waals surface area contributed by atoms with Gasteiger partial charge in [0.2, 0.25) is 0 Å². The number of urea groups is 1. The molecule has 1 aromatic carbocycles. The molecule has 33 heavy (non-hydrogen) atoms. The average Bonchev–Trinajstić information content (AvgIpc) is 3.19. The Hall–Kier alpha value is -3.60. The van der Waals surface area contributed by atoms with Crippen LogP contribution < -0.4 is 5.32 Å². The molecule has 1 heterocycles. The molecule has 5 heteroatoms. The zero-order chi connectivity index (χ0) is 23.0. The molecule has 0 saturated heterocycles. The minimum absolute atomic E-state index is 0.141. The van der Waals surface area contributed by atoms with E-state index < -0.39 is 0 Å². The van der Waals surface area contributed by atoms with Crippen LogP contribution in [0.5, 0.6) is 0 Å². The molecule has 1 aromatic heterocycles. The van der Waals surface area contributed by atoms with Crippen molar-refractivity contribution in [2.45, 2.75) is 52.1 Å². The first-order valence-corrected chi connectivity index (χ1v) is 11.7. The fraction of sp³-hybridized carbons (Fsp3) is 0.286. The molecular formula is C28H32N4O. The number of benzene rings is 1. The second-order valence-electron chi connectivity index (χ2n) is 8.51. The normalized spacial score (nSPS) is 15.2. The number of nitrogens with zero attached hydrogens (tertiary/aromatic N) is 2. The Morgan fingerprint density at radius 3 is 2.67 bits per heavy atom. The third kappa shape index (κ3) is 6.01. The van der Waals surface area contributed by atoms with Gasteiger partial charge < -0.3 is 15.2 Å². The smallest absolute Gasteiger partial charge is 0.322 e. The second kappa shape index (κ2) is 10.8. The van der Waals surface area contributed by atoms with Crippen LogP contribution in [0, 0.1) is 0 Å². The van der Waals surface area contributed by atoms with E-state index in [0.717, 1.165) is 41.3 Å². The monoisotopic (exact) mass is 440 g/mol. The summed E-state index contributed by atoms with van der Waals surface area (Å²) in [6, 6.07) is 8.34. The predicted octanol–water partition coefficient (Wildman–Crippen LogP) is 6.60. The maximum absolute atomic E-state index is 13.2. The molecule has 1 saturated carbocycles. The summed E-state index contributed by atoms with van der Waals surface area (Å²) in [6.07, 6.45) is 19.7.